The second kappa shape index (κ2) is 5.74. The number of halogens is 1. The van der Waals surface area contributed by atoms with Crippen molar-refractivity contribution in [1.82, 2.24) is 4.31 Å². The summed E-state index contributed by atoms with van der Waals surface area (Å²) in [6.07, 6.45) is 2.47. The summed E-state index contributed by atoms with van der Waals surface area (Å²) < 4.78 is 40.4. The predicted molar refractivity (Wildman–Crippen MR) is 77.5 cm³/mol. The largest absolute Gasteiger partial charge is 0.244 e. The van der Waals surface area contributed by atoms with Crippen LogP contribution in [0.3, 0.4) is 0 Å². The molecule has 0 radical (unpaired) electrons. The fraction of sp³-hybridized carbons (Fsp3) is 0.533. The Bertz CT molecular complexity index is 677. The summed E-state index contributed by atoms with van der Waals surface area (Å²) in [7, 11) is -3.83. The Hall–Kier alpha value is -1.45. The normalized spacial score (nSPS) is 19.7. The van der Waals surface area contributed by atoms with Gasteiger partial charge in [0.2, 0.25) is 10.0 Å². The van der Waals surface area contributed by atoms with Gasteiger partial charge in [0.05, 0.1) is 0 Å². The first-order chi connectivity index (χ1) is 9.78. The third kappa shape index (κ3) is 3.25. The molecule has 6 heteroatoms. The number of benzene rings is 1. The minimum atomic E-state index is -3.83. The first-order valence-corrected chi connectivity index (χ1v) is 8.41. The molecule has 114 valence electrons. The fourth-order valence-corrected chi connectivity index (χ4v) is 4.24. The monoisotopic (exact) mass is 310 g/mol. The number of nitriles is 1. The Morgan fingerprint density at radius 3 is 2.67 bits per heavy atom. The zero-order chi connectivity index (χ0) is 15.7. The standard InChI is InChI=1S/C15H19FN2O2S/c1-15(2)7-4-9-18(10-8-15)21(19,20)14-6-3-5-13(16)12(14)11-17/h3,5-6H,4,7-10H2,1-2H3. The number of nitrogens with zero attached hydrogens (tertiary/aromatic N) is 2. The quantitative estimate of drug-likeness (QED) is 0.844. The maximum Gasteiger partial charge on any atom is 0.244 e. The van der Waals surface area contributed by atoms with Crippen LogP contribution in [0.5, 0.6) is 0 Å². The molecule has 4 nitrogen and oxygen atoms in total. The highest BCUT2D eigenvalue weighted by molar-refractivity contribution is 7.89. The average molecular weight is 310 g/mol. The molecule has 0 amide bonds. The van der Waals surface area contributed by atoms with Crippen molar-refractivity contribution in [3.63, 3.8) is 0 Å². The van der Waals surface area contributed by atoms with Gasteiger partial charge in [0.1, 0.15) is 22.3 Å². The zero-order valence-corrected chi connectivity index (χ0v) is 13.1. The van der Waals surface area contributed by atoms with Gasteiger partial charge in [-0.25, -0.2) is 12.8 Å². The van der Waals surface area contributed by atoms with E-state index in [0.717, 1.165) is 25.3 Å². The van der Waals surface area contributed by atoms with Gasteiger partial charge in [-0.3, -0.25) is 0 Å². The average Bonchev–Trinajstić information content (AvgIpc) is 2.59. The molecule has 0 aliphatic carbocycles. The highest BCUT2D eigenvalue weighted by Crippen LogP contribution is 2.32. The van der Waals surface area contributed by atoms with E-state index >= 15 is 0 Å². The highest BCUT2D eigenvalue weighted by atomic mass is 32.2. The number of rotatable bonds is 2. The Morgan fingerprint density at radius 2 is 2.00 bits per heavy atom. The summed E-state index contributed by atoms with van der Waals surface area (Å²) >= 11 is 0. The number of sulfonamides is 1. The molecule has 21 heavy (non-hydrogen) atoms. The van der Waals surface area contributed by atoms with Gasteiger partial charge in [-0.1, -0.05) is 19.9 Å². The Kier molecular flexibility index (Phi) is 4.35. The molecule has 1 aliphatic rings. The van der Waals surface area contributed by atoms with E-state index in [4.69, 9.17) is 5.26 Å². The highest BCUT2D eigenvalue weighted by Gasteiger charge is 2.32. The van der Waals surface area contributed by atoms with Gasteiger partial charge in [0.25, 0.3) is 0 Å². The maximum atomic E-state index is 13.6. The summed E-state index contributed by atoms with van der Waals surface area (Å²) in [5.41, 5.74) is -0.300. The molecule has 0 unspecified atom stereocenters. The van der Waals surface area contributed by atoms with Crippen LogP contribution in [0.4, 0.5) is 4.39 Å². The molecule has 2 rings (SSSR count). The molecular weight excluding hydrogens is 291 g/mol. The second-order valence-electron chi connectivity index (χ2n) is 6.15. The van der Waals surface area contributed by atoms with Crippen molar-refractivity contribution >= 4 is 10.0 Å². The molecule has 1 aliphatic heterocycles. The Labute approximate surface area is 125 Å². The van der Waals surface area contributed by atoms with Gasteiger partial charge in [0, 0.05) is 13.1 Å². The van der Waals surface area contributed by atoms with E-state index < -0.39 is 21.4 Å². The van der Waals surface area contributed by atoms with Crippen molar-refractivity contribution in [3.05, 3.63) is 29.6 Å². The first kappa shape index (κ1) is 15.9. The van der Waals surface area contributed by atoms with Crippen LogP contribution < -0.4 is 0 Å². The van der Waals surface area contributed by atoms with Crippen LogP contribution in [0.2, 0.25) is 0 Å². The molecule has 1 heterocycles. The van der Waals surface area contributed by atoms with Gasteiger partial charge in [0.15, 0.2) is 0 Å². The molecular formula is C15H19FN2O2S. The molecule has 1 saturated heterocycles. The number of hydrogen-bond acceptors (Lipinski definition) is 3. The molecule has 0 aromatic heterocycles. The Balaban J connectivity index is 2.39. The van der Waals surface area contributed by atoms with Crippen LogP contribution in [0.25, 0.3) is 0 Å². The van der Waals surface area contributed by atoms with Crippen molar-refractivity contribution in [2.75, 3.05) is 13.1 Å². The van der Waals surface area contributed by atoms with Crippen LogP contribution >= 0.6 is 0 Å². The predicted octanol–water partition coefficient (Wildman–Crippen LogP) is 2.90. The van der Waals surface area contributed by atoms with E-state index in [9.17, 15) is 12.8 Å². The van der Waals surface area contributed by atoms with Crippen LogP contribution in [0.15, 0.2) is 23.1 Å². The van der Waals surface area contributed by atoms with Gasteiger partial charge >= 0.3 is 0 Å². The molecule has 0 atom stereocenters. The SMILES string of the molecule is CC1(C)CCCN(S(=O)(=O)c2cccc(F)c2C#N)CC1. The summed E-state index contributed by atoms with van der Waals surface area (Å²) in [6, 6.07) is 5.38. The van der Waals surface area contributed by atoms with Crippen molar-refractivity contribution in [2.24, 2.45) is 5.41 Å². The third-order valence-corrected chi connectivity index (χ3v) is 5.95. The van der Waals surface area contributed by atoms with E-state index in [1.54, 1.807) is 6.07 Å². The second-order valence-corrected chi connectivity index (χ2v) is 8.05. The summed E-state index contributed by atoms with van der Waals surface area (Å²) in [4.78, 5) is -0.232. The lowest BCUT2D eigenvalue weighted by Crippen LogP contribution is -2.33. The van der Waals surface area contributed by atoms with Gasteiger partial charge in [-0.2, -0.15) is 9.57 Å². The molecule has 0 N–H and O–H groups in total. The lowest BCUT2D eigenvalue weighted by molar-refractivity contribution is 0.314. The summed E-state index contributed by atoms with van der Waals surface area (Å²) in [6.45, 7) is 5.04. The van der Waals surface area contributed by atoms with Crippen LogP contribution in [0.1, 0.15) is 38.7 Å². The fourth-order valence-electron chi connectivity index (χ4n) is 2.61. The minimum Gasteiger partial charge on any atom is -0.207 e. The maximum absolute atomic E-state index is 13.6. The smallest absolute Gasteiger partial charge is 0.207 e. The zero-order valence-electron chi connectivity index (χ0n) is 12.3. The molecule has 1 aromatic carbocycles. The Morgan fingerprint density at radius 1 is 1.29 bits per heavy atom. The van der Waals surface area contributed by atoms with Gasteiger partial charge in [-0.15, -0.1) is 0 Å². The van der Waals surface area contributed by atoms with E-state index in [1.165, 1.54) is 16.4 Å². The van der Waals surface area contributed by atoms with Gasteiger partial charge in [-0.05, 0) is 36.8 Å². The van der Waals surface area contributed by atoms with Gasteiger partial charge < -0.3 is 0 Å². The lowest BCUT2D eigenvalue weighted by atomic mass is 9.85. The third-order valence-electron chi connectivity index (χ3n) is 4.00. The molecule has 1 fully saturated rings. The van der Waals surface area contributed by atoms with Crippen LogP contribution in [-0.4, -0.2) is 25.8 Å². The minimum absolute atomic E-state index is 0.101. The van der Waals surface area contributed by atoms with Crippen molar-refractivity contribution < 1.29 is 12.8 Å². The first-order valence-electron chi connectivity index (χ1n) is 6.97. The summed E-state index contributed by atoms with van der Waals surface area (Å²) in [5.74, 6) is -0.797. The van der Waals surface area contributed by atoms with Crippen molar-refractivity contribution in [1.29, 1.82) is 5.26 Å². The molecule has 0 spiro atoms. The topological polar surface area (TPSA) is 61.2 Å². The molecule has 1 aromatic rings. The van der Waals surface area contributed by atoms with Crippen LogP contribution in [0, 0.1) is 22.6 Å². The molecule has 0 bridgehead atoms. The van der Waals surface area contributed by atoms with Crippen molar-refractivity contribution in [3.8, 4) is 6.07 Å². The number of hydrogen-bond donors (Lipinski definition) is 0. The summed E-state index contributed by atoms with van der Waals surface area (Å²) in [5, 5.41) is 9.03. The van der Waals surface area contributed by atoms with E-state index in [-0.39, 0.29) is 10.3 Å². The van der Waals surface area contributed by atoms with E-state index in [1.807, 2.05) is 0 Å². The van der Waals surface area contributed by atoms with E-state index in [0.29, 0.717) is 13.1 Å². The van der Waals surface area contributed by atoms with E-state index in [2.05, 4.69) is 13.8 Å². The van der Waals surface area contributed by atoms with Crippen molar-refractivity contribution in [2.45, 2.75) is 38.0 Å². The van der Waals surface area contributed by atoms with Crippen LogP contribution in [-0.2, 0) is 10.0 Å². The lowest BCUT2D eigenvalue weighted by Gasteiger charge is -2.23. The molecule has 0 saturated carbocycles.